The highest BCUT2D eigenvalue weighted by Crippen LogP contribution is 1.94. The third kappa shape index (κ3) is 1.19. The molecule has 52 valence electrons. The fourth-order valence-corrected chi connectivity index (χ4v) is 0.477. The van der Waals surface area contributed by atoms with Crippen molar-refractivity contribution in [1.82, 2.24) is 9.97 Å². The molecule has 0 atom stereocenters. The maximum Gasteiger partial charge on any atom is 0.194 e. The molecule has 0 unspecified atom stereocenters. The molecule has 0 amide bonds. The van der Waals surface area contributed by atoms with Crippen LogP contribution in [0.2, 0.25) is 0 Å². The van der Waals surface area contributed by atoms with Crippen molar-refractivity contribution < 1.29 is 0 Å². The van der Waals surface area contributed by atoms with Gasteiger partial charge in [0, 0.05) is 0 Å². The van der Waals surface area contributed by atoms with E-state index in [2.05, 4.69) is 9.97 Å². The van der Waals surface area contributed by atoms with Gasteiger partial charge in [-0.05, 0) is 0 Å². The maximum atomic E-state index is 6.92. The molecule has 5 heteroatoms. The fourth-order valence-electron chi connectivity index (χ4n) is 0.477. The third-order valence-electron chi connectivity index (χ3n) is 0.913. The van der Waals surface area contributed by atoms with Gasteiger partial charge in [0.15, 0.2) is 11.7 Å². The van der Waals surface area contributed by atoms with Gasteiger partial charge >= 0.3 is 0 Å². The molecule has 1 heterocycles. The average Bonchev–Trinajstić information content (AvgIpc) is 1.88. The Balaban J connectivity index is 3.00. The van der Waals surface area contributed by atoms with Gasteiger partial charge in [0.1, 0.15) is 0 Å². The Labute approximate surface area is 57.6 Å². The molecule has 0 aliphatic heterocycles. The second-order valence-electron chi connectivity index (χ2n) is 1.75. The molecule has 0 radical (unpaired) electrons. The van der Waals surface area contributed by atoms with Crippen LogP contribution in [0.4, 0.5) is 5.69 Å². The highest BCUT2D eigenvalue weighted by molar-refractivity contribution is 5.91. The summed E-state index contributed by atoms with van der Waals surface area (Å²) in [5.74, 6) is 0.0502. The van der Waals surface area contributed by atoms with Gasteiger partial charge in [0.05, 0.1) is 18.1 Å². The summed E-state index contributed by atoms with van der Waals surface area (Å²) >= 11 is 0. The topological polar surface area (TPSA) is 102 Å². The molecule has 0 saturated heterocycles. The summed E-state index contributed by atoms with van der Waals surface area (Å²) in [5, 5.41) is 6.92. The number of amidine groups is 1. The van der Waals surface area contributed by atoms with Crippen molar-refractivity contribution in [3.8, 4) is 0 Å². The molecular weight excluding hydrogens is 130 g/mol. The van der Waals surface area contributed by atoms with Crippen LogP contribution < -0.4 is 11.5 Å². The van der Waals surface area contributed by atoms with Crippen LogP contribution in [0.5, 0.6) is 0 Å². The Hall–Kier alpha value is -1.65. The number of rotatable bonds is 1. The largest absolute Gasteiger partial charge is 0.396 e. The van der Waals surface area contributed by atoms with Crippen molar-refractivity contribution in [3.63, 3.8) is 0 Å². The summed E-state index contributed by atoms with van der Waals surface area (Å²) in [4.78, 5) is 7.38. The number of nitrogen functional groups attached to an aromatic ring is 2. The van der Waals surface area contributed by atoms with Crippen molar-refractivity contribution >= 4 is 11.5 Å². The monoisotopic (exact) mass is 137 g/mol. The first-order valence-electron chi connectivity index (χ1n) is 2.62. The quantitative estimate of drug-likeness (QED) is 0.353. The van der Waals surface area contributed by atoms with E-state index in [0.29, 0.717) is 5.69 Å². The van der Waals surface area contributed by atoms with E-state index in [1.165, 1.54) is 12.4 Å². The molecule has 1 rings (SSSR count). The Morgan fingerprint density at radius 2 is 1.90 bits per heavy atom. The summed E-state index contributed by atoms with van der Waals surface area (Å²) < 4.78 is 0. The van der Waals surface area contributed by atoms with E-state index in [9.17, 15) is 0 Å². The minimum absolute atomic E-state index is 0.153. The third-order valence-corrected chi connectivity index (χ3v) is 0.913. The van der Waals surface area contributed by atoms with Crippen LogP contribution in [0.25, 0.3) is 0 Å². The summed E-state index contributed by atoms with van der Waals surface area (Å²) in [6.45, 7) is 0. The van der Waals surface area contributed by atoms with Gasteiger partial charge in [-0.3, -0.25) is 5.41 Å². The standard InChI is InChI=1S/C5H7N5/c6-3-1-9-5(4(7)8)10-2-3/h1-2H,6H2,(H3,7,8). The van der Waals surface area contributed by atoms with E-state index in [4.69, 9.17) is 16.9 Å². The normalized spacial score (nSPS) is 9.20. The number of hydrogen-bond acceptors (Lipinski definition) is 4. The highest BCUT2D eigenvalue weighted by Gasteiger charge is 1.96. The maximum absolute atomic E-state index is 6.92. The van der Waals surface area contributed by atoms with Crippen molar-refractivity contribution in [3.05, 3.63) is 18.2 Å². The lowest BCUT2D eigenvalue weighted by Gasteiger charge is -1.94. The average molecular weight is 137 g/mol. The Bertz CT molecular complexity index is 239. The van der Waals surface area contributed by atoms with Crippen molar-refractivity contribution in [2.45, 2.75) is 0 Å². The zero-order valence-electron chi connectivity index (χ0n) is 5.20. The van der Waals surface area contributed by atoms with E-state index in [-0.39, 0.29) is 11.7 Å². The van der Waals surface area contributed by atoms with Crippen molar-refractivity contribution in [2.75, 3.05) is 5.73 Å². The van der Waals surface area contributed by atoms with E-state index in [1.807, 2.05) is 0 Å². The molecule has 0 spiro atoms. The molecule has 0 aromatic carbocycles. The van der Waals surface area contributed by atoms with E-state index >= 15 is 0 Å². The molecule has 1 aromatic rings. The summed E-state index contributed by atoms with van der Waals surface area (Å²) in [6.07, 6.45) is 2.81. The molecule has 5 nitrogen and oxygen atoms in total. The van der Waals surface area contributed by atoms with E-state index < -0.39 is 0 Å². The second-order valence-corrected chi connectivity index (χ2v) is 1.75. The number of nitrogens with zero attached hydrogens (tertiary/aromatic N) is 2. The van der Waals surface area contributed by atoms with Crippen LogP contribution in [0, 0.1) is 5.41 Å². The summed E-state index contributed by atoms with van der Waals surface area (Å²) in [6, 6.07) is 0. The molecular formula is C5H7N5. The number of hydrogen-bond donors (Lipinski definition) is 3. The van der Waals surface area contributed by atoms with Crippen molar-refractivity contribution in [2.24, 2.45) is 5.73 Å². The SMILES string of the molecule is N=C(N)c1ncc(N)cn1. The Kier molecular flexibility index (Phi) is 1.49. The molecule has 5 N–H and O–H groups in total. The fraction of sp³-hybridized carbons (Fsp3) is 0. The van der Waals surface area contributed by atoms with Crippen LogP contribution in [-0.4, -0.2) is 15.8 Å². The molecule has 0 saturated carbocycles. The molecule has 0 aliphatic carbocycles. The van der Waals surface area contributed by atoms with Gasteiger partial charge < -0.3 is 11.5 Å². The molecule has 10 heavy (non-hydrogen) atoms. The van der Waals surface area contributed by atoms with Crippen LogP contribution in [0.15, 0.2) is 12.4 Å². The summed E-state index contributed by atoms with van der Waals surface area (Å²) in [5.41, 5.74) is 10.8. The van der Waals surface area contributed by atoms with Crippen LogP contribution >= 0.6 is 0 Å². The Morgan fingerprint density at radius 1 is 1.40 bits per heavy atom. The van der Waals surface area contributed by atoms with Gasteiger partial charge in [-0.15, -0.1) is 0 Å². The Morgan fingerprint density at radius 3 is 2.30 bits per heavy atom. The lowest BCUT2D eigenvalue weighted by Crippen LogP contribution is -2.15. The zero-order chi connectivity index (χ0) is 7.56. The van der Waals surface area contributed by atoms with Crippen LogP contribution in [0.1, 0.15) is 5.82 Å². The van der Waals surface area contributed by atoms with Crippen LogP contribution in [-0.2, 0) is 0 Å². The highest BCUT2D eigenvalue weighted by atomic mass is 14.9. The second kappa shape index (κ2) is 2.30. The number of nitrogens with one attached hydrogen (secondary N) is 1. The van der Waals surface area contributed by atoms with Crippen molar-refractivity contribution in [1.29, 1.82) is 5.41 Å². The predicted molar refractivity (Wildman–Crippen MR) is 37.5 cm³/mol. The molecule has 0 bridgehead atoms. The van der Waals surface area contributed by atoms with Gasteiger partial charge in [-0.25, -0.2) is 9.97 Å². The van der Waals surface area contributed by atoms with Gasteiger partial charge in [0.2, 0.25) is 0 Å². The van der Waals surface area contributed by atoms with E-state index in [0.717, 1.165) is 0 Å². The number of anilines is 1. The first-order chi connectivity index (χ1) is 4.70. The minimum Gasteiger partial charge on any atom is -0.396 e. The van der Waals surface area contributed by atoms with Gasteiger partial charge in [-0.2, -0.15) is 0 Å². The number of aromatic nitrogens is 2. The zero-order valence-corrected chi connectivity index (χ0v) is 5.20. The molecule has 0 aliphatic rings. The summed E-state index contributed by atoms with van der Waals surface area (Å²) in [7, 11) is 0. The number of nitrogens with two attached hydrogens (primary N) is 2. The van der Waals surface area contributed by atoms with E-state index in [1.54, 1.807) is 0 Å². The van der Waals surface area contributed by atoms with Gasteiger partial charge in [0.25, 0.3) is 0 Å². The molecule has 0 fully saturated rings. The lowest BCUT2D eigenvalue weighted by molar-refractivity contribution is 1.12. The first-order valence-corrected chi connectivity index (χ1v) is 2.62. The first kappa shape index (κ1) is 6.47. The minimum atomic E-state index is -0.153. The smallest absolute Gasteiger partial charge is 0.194 e. The predicted octanol–water partition coefficient (Wildman–Crippen LogP) is -0.657. The molecule has 1 aromatic heterocycles. The lowest BCUT2D eigenvalue weighted by atomic mass is 10.5. The van der Waals surface area contributed by atoms with Gasteiger partial charge in [-0.1, -0.05) is 0 Å². The van der Waals surface area contributed by atoms with Crippen LogP contribution in [0.3, 0.4) is 0 Å².